The molecule has 0 saturated heterocycles. The lowest BCUT2D eigenvalue weighted by Crippen LogP contribution is -2.45. The standard InChI is InChI=1S/C53H103NO5/c1-3-5-7-9-11-13-15-16-17-18-19-20-21-22-23-24-26-29-33-37-41-45-51(56)50(49-55)54-52(57)46-42-38-34-30-27-28-32-36-40-44-48-59-53(58)47-43-39-35-31-25-14-12-10-8-6-4-2/h10,12,50-51,55-56H,3-9,11,13-49H2,1-2H3,(H,54,57)/b12-10-. The number of rotatable bonds is 49. The highest BCUT2D eigenvalue weighted by Gasteiger charge is 2.20. The Kier molecular flexibility index (Phi) is 48.1. The number of amides is 1. The van der Waals surface area contributed by atoms with Crippen LogP contribution < -0.4 is 5.32 Å². The van der Waals surface area contributed by atoms with Gasteiger partial charge < -0.3 is 20.3 Å². The van der Waals surface area contributed by atoms with Gasteiger partial charge in [0.2, 0.25) is 5.91 Å². The van der Waals surface area contributed by atoms with Gasteiger partial charge in [-0.2, -0.15) is 0 Å². The second-order valence-corrected chi connectivity index (χ2v) is 18.2. The predicted molar refractivity (Wildman–Crippen MR) is 255 cm³/mol. The molecule has 0 bridgehead atoms. The van der Waals surface area contributed by atoms with Gasteiger partial charge in [0.15, 0.2) is 0 Å². The summed E-state index contributed by atoms with van der Waals surface area (Å²) in [4.78, 5) is 24.4. The van der Waals surface area contributed by atoms with Crippen molar-refractivity contribution in [1.29, 1.82) is 0 Å². The molecule has 0 rings (SSSR count). The van der Waals surface area contributed by atoms with Crippen molar-refractivity contribution in [1.82, 2.24) is 5.32 Å². The van der Waals surface area contributed by atoms with Crippen molar-refractivity contribution < 1.29 is 24.5 Å². The van der Waals surface area contributed by atoms with Gasteiger partial charge in [0.25, 0.3) is 0 Å². The zero-order valence-corrected chi connectivity index (χ0v) is 39.7. The van der Waals surface area contributed by atoms with Crippen molar-refractivity contribution in [3.05, 3.63) is 12.2 Å². The maximum absolute atomic E-state index is 12.5. The fraction of sp³-hybridized carbons (Fsp3) is 0.925. The molecule has 0 heterocycles. The summed E-state index contributed by atoms with van der Waals surface area (Å²) in [6, 6.07) is -0.558. The molecule has 0 spiro atoms. The Morgan fingerprint density at radius 1 is 0.458 bits per heavy atom. The first kappa shape index (κ1) is 57.6. The lowest BCUT2D eigenvalue weighted by molar-refractivity contribution is -0.143. The summed E-state index contributed by atoms with van der Waals surface area (Å²) in [5.41, 5.74) is 0. The van der Waals surface area contributed by atoms with E-state index in [0.717, 1.165) is 57.8 Å². The average Bonchev–Trinajstić information content (AvgIpc) is 3.24. The highest BCUT2D eigenvalue weighted by atomic mass is 16.5. The van der Waals surface area contributed by atoms with Crippen LogP contribution in [0.15, 0.2) is 12.2 Å². The Hall–Kier alpha value is -1.40. The summed E-state index contributed by atoms with van der Waals surface area (Å²) in [5.74, 6) is -0.0849. The van der Waals surface area contributed by atoms with Crippen molar-refractivity contribution in [2.24, 2.45) is 0 Å². The predicted octanol–water partition coefficient (Wildman–Crippen LogP) is 15.7. The van der Waals surface area contributed by atoms with E-state index < -0.39 is 12.1 Å². The van der Waals surface area contributed by atoms with Gasteiger partial charge in [0.1, 0.15) is 0 Å². The Morgan fingerprint density at radius 2 is 0.814 bits per heavy atom. The molecule has 0 aliphatic carbocycles. The number of ether oxygens (including phenoxy) is 1. The van der Waals surface area contributed by atoms with Crippen molar-refractivity contribution in [3.63, 3.8) is 0 Å². The number of unbranched alkanes of at least 4 members (excludes halogenated alkanes) is 36. The molecule has 350 valence electrons. The lowest BCUT2D eigenvalue weighted by Gasteiger charge is -2.22. The quantitative estimate of drug-likeness (QED) is 0.0322. The molecule has 0 aromatic heterocycles. The minimum absolute atomic E-state index is 0.0291. The van der Waals surface area contributed by atoms with E-state index in [4.69, 9.17) is 4.74 Å². The first-order chi connectivity index (χ1) is 29.0. The third-order valence-electron chi connectivity index (χ3n) is 12.3. The molecule has 0 fully saturated rings. The summed E-state index contributed by atoms with van der Waals surface area (Å²) in [5, 5.41) is 23.3. The molecule has 0 aliphatic rings. The van der Waals surface area contributed by atoms with E-state index in [-0.39, 0.29) is 18.5 Å². The Morgan fingerprint density at radius 3 is 1.25 bits per heavy atom. The zero-order chi connectivity index (χ0) is 43.0. The van der Waals surface area contributed by atoms with Crippen LogP contribution in [0.4, 0.5) is 0 Å². The van der Waals surface area contributed by atoms with E-state index in [1.54, 1.807) is 0 Å². The van der Waals surface area contributed by atoms with Crippen LogP contribution in [0.5, 0.6) is 0 Å². The van der Waals surface area contributed by atoms with Crippen LogP contribution in [-0.2, 0) is 14.3 Å². The fourth-order valence-corrected chi connectivity index (χ4v) is 8.21. The molecular weight excluding hydrogens is 731 g/mol. The van der Waals surface area contributed by atoms with E-state index in [9.17, 15) is 19.8 Å². The van der Waals surface area contributed by atoms with E-state index in [2.05, 4.69) is 31.3 Å². The molecule has 0 aliphatic heterocycles. The minimum atomic E-state index is -0.679. The van der Waals surface area contributed by atoms with Crippen molar-refractivity contribution in [2.75, 3.05) is 13.2 Å². The Bertz CT molecular complexity index is 878. The van der Waals surface area contributed by atoms with Gasteiger partial charge in [0, 0.05) is 12.8 Å². The molecular formula is C53H103NO5. The topological polar surface area (TPSA) is 95.9 Å². The molecule has 2 atom stereocenters. The molecule has 6 heteroatoms. The molecule has 0 radical (unpaired) electrons. The van der Waals surface area contributed by atoms with E-state index in [1.165, 1.54) is 199 Å². The molecule has 2 unspecified atom stereocenters. The average molecular weight is 834 g/mol. The van der Waals surface area contributed by atoms with Crippen LogP contribution in [0.2, 0.25) is 0 Å². The number of aliphatic hydroxyl groups excluding tert-OH is 2. The first-order valence-electron chi connectivity index (χ1n) is 26.4. The summed E-state index contributed by atoms with van der Waals surface area (Å²) >= 11 is 0. The fourth-order valence-electron chi connectivity index (χ4n) is 8.21. The summed E-state index contributed by atoms with van der Waals surface area (Å²) in [6.45, 7) is 4.87. The van der Waals surface area contributed by atoms with Crippen molar-refractivity contribution >= 4 is 11.9 Å². The van der Waals surface area contributed by atoms with Crippen LogP contribution in [-0.4, -0.2) is 47.4 Å². The number of nitrogens with one attached hydrogen (secondary N) is 1. The van der Waals surface area contributed by atoms with Gasteiger partial charge in [-0.1, -0.05) is 244 Å². The van der Waals surface area contributed by atoms with Gasteiger partial charge in [-0.3, -0.25) is 9.59 Å². The highest BCUT2D eigenvalue weighted by Crippen LogP contribution is 2.17. The van der Waals surface area contributed by atoms with Crippen molar-refractivity contribution in [2.45, 2.75) is 302 Å². The molecule has 0 aromatic carbocycles. The minimum Gasteiger partial charge on any atom is -0.466 e. The highest BCUT2D eigenvalue weighted by molar-refractivity contribution is 5.76. The zero-order valence-electron chi connectivity index (χ0n) is 39.7. The lowest BCUT2D eigenvalue weighted by atomic mass is 10.0. The van der Waals surface area contributed by atoms with Crippen LogP contribution in [0, 0.1) is 0 Å². The molecule has 3 N–H and O–H groups in total. The largest absolute Gasteiger partial charge is 0.466 e. The monoisotopic (exact) mass is 834 g/mol. The summed E-state index contributed by atoms with van der Waals surface area (Å²) in [7, 11) is 0. The third kappa shape index (κ3) is 45.9. The second-order valence-electron chi connectivity index (χ2n) is 18.2. The van der Waals surface area contributed by atoms with Gasteiger partial charge in [-0.15, -0.1) is 0 Å². The number of hydrogen-bond acceptors (Lipinski definition) is 5. The molecule has 0 saturated carbocycles. The number of hydrogen-bond donors (Lipinski definition) is 3. The van der Waals surface area contributed by atoms with E-state index in [0.29, 0.717) is 25.9 Å². The Labute approximate surface area is 368 Å². The molecule has 59 heavy (non-hydrogen) atoms. The summed E-state index contributed by atoms with van der Waals surface area (Å²) in [6.07, 6.45) is 56.1. The van der Waals surface area contributed by atoms with Crippen LogP contribution in [0.3, 0.4) is 0 Å². The van der Waals surface area contributed by atoms with Gasteiger partial charge >= 0.3 is 5.97 Å². The van der Waals surface area contributed by atoms with Crippen molar-refractivity contribution in [3.8, 4) is 0 Å². The van der Waals surface area contributed by atoms with Gasteiger partial charge in [-0.25, -0.2) is 0 Å². The van der Waals surface area contributed by atoms with Crippen LogP contribution in [0.25, 0.3) is 0 Å². The normalized spacial score (nSPS) is 12.7. The maximum atomic E-state index is 12.5. The SMILES string of the molecule is CCCC/C=C\CCCCCCCC(=O)OCCCCCCCCCCCCC(=O)NC(CO)C(O)CCCCCCCCCCCCCCCCCCCCCCC. The second kappa shape index (κ2) is 49.3. The number of carbonyl (C=O) groups excluding carboxylic acids is 2. The number of esters is 1. The van der Waals surface area contributed by atoms with Crippen LogP contribution in [0.1, 0.15) is 290 Å². The Balaban J connectivity index is 3.48. The van der Waals surface area contributed by atoms with Crippen LogP contribution >= 0.6 is 0 Å². The first-order valence-corrected chi connectivity index (χ1v) is 26.4. The summed E-state index contributed by atoms with van der Waals surface area (Å²) < 4.78 is 5.43. The molecule has 6 nitrogen and oxygen atoms in total. The van der Waals surface area contributed by atoms with Gasteiger partial charge in [-0.05, 0) is 44.9 Å². The third-order valence-corrected chi connectivity index (χ3v) is 12.3. The number of aliphatic hydroxyl groups is 2. The van der Waals surface area contributed by atoms with Gasteiger partial charge in [0.05, 0.1) is 25.4 Å². The number of allylic oxidation sites excluding steroid dienone is 2. The number of carbonyl (C=O) groups is 2. The maximum Gasteiger partial charge on any atom is 0.305 e. The van der Waals surface area contributed by atoms with E-state index >= 15 is 0 Å². The van der Waals surface area contributed by atoms with E-state index in [1.807, 2.05) is 0 Å². The molecule has 0 aromatic rings. The smallest absolute Gasteiger partial charge is 0.305 e. The molecule has 1 amide bonds.